The van der Waals surface area contributed by atoms with E-state index in [1.54, 1.807) is 19.9 Å². The predicted octanol–water partition coefficient (Wildman–Crippen LogP) is 1.26. The maximum absolute atomic E-state index is 12.2. The Kier molecular flexibility index (Phi) is 6.82. The molecule has 6 nitrogen and oxygen atoms in total. The third-order valence-electron chi connectivity index (χ3n) is 3.09. The standard InChI is InChI=1S/C13H21N3O3S.ClH/c1-8-6-11(20(18,19)16(4)5)7-12(9(8)2)15-13(17)10(3)14;/h6-7,10H,14H2,1-5H3,(H,15,17);1H/t10-;/m0./s1. The lowest BCUT2D eigenvalue weighted by Gasteiger charge is -2.17. The van der Waals surface area contributed by atoms with Crippen LogP contribution in [0.4, 0.5) is 5.69 Å². The number of carbonyl (C=O) groups is 1. The van der Waals surface area contributed by atoms with Crippen LogP contribution in [0.25, 0.3) is 0 Å². The number of sulfonamides is 1. The lowest BCUT2D eigenvalue weighted by Crippen LogP contribution is -2.33. The average molecular weight is 336 g/mol. The number of nitrogens with zero attached hydrogens (tertiary/aromatic N) is 1. The number of hydrogen-bond acceptors (Lipinski definition) is 4. The van der Waals surface area contributed by atoms with E-state index >= 15 is 0 Å². The van der Waals surface area contributed by atoms with Crippen LogP contribution in [0.2, 0.25) is 0 Å². The van der Waals surface area contributed by atoms with Crippen molar-refractivity contribution in [3.63, 3.8) is 0 Å². The molecule has 1 aromatic carbocycles. The molecular formula is C13H22ClN3O3S. The quantitative estimate of drug-likeness (QED) is 0.866. The van der Waals surface area contributed by atoms with Crippen LogP contribution in [0, 0.1) is 13.8 Å². The highest BCUT2D eigenvalue weighted by atomic mass is 35.5. The Bertz CT molecular complexity index is 628. The van der Waals surface area contributed by atoms with Gasteiger partial charge in [-0.1, -0.05) is 0 Å². The molecule has 0 aliphatic heterocycles. The molecule has 0 saturated carbocycles. The Morgan fingerprint density at radius 2 is 1.81 bits per heavy atom. The second kappa shape index (κ2) is 7.22. The number of carbonyl (C=O) groups excluding carboxylic acids is 1. The van der Waals surface area contributed by atoms with Crippen molar-refractivity contribution in [2.75, 3.05) is 19.4 Å². The van der Waals surface area contributed by atoms with Crippen LogP contribution in [0.3, 0.4) is 0 Å². The summed E-state index contributed by atoms with van der Waals surface area (Å²) < 4.78 is 25.4. The van der Waals surface area contributed by atoms with Crippen LogP contribution in [0.1, 0.15) is 18.1 Å². The van der Waals surface area contributed by atoms with Gasteiger partial charge < -0.3 is 11.1 Å². The maximum Gasteiger partial charge on any atom is 0.242 e. The summed E-state index contributed by atoms with van der Waals surface area (Å²) in [5.74, 6) is -0.355. The molecule has 0 aromatic heterocycles. The fraction of sp³-hybridized carbons (Fsp3) is 0.462. The van der Waals surface area contributed by atoms with E-state index in [9.17, 15) is 13.2 Å². The van der Waals surface area contributed by atoms with Gasteiger partial charge in [0.2, 0.25) is 15.9 Å². The summed E-state index contributed by atoms with van der Waals surface area (Å²) in [6, 6.07) is 2.38. The van der Waals surface area contributed by atoms with Gasteiger partial charge in [0.1, 0.15) is 0 Å². The first kappa shape index (κ1) is 19.9. The predicted molar refractivity (Wildman–Crippen MR) is 86.3 cm³/mol. The summed E-state index contributed by atoms with van der Waals surface area (Å²) in [5, 5.41) is 2.65. The minimum atomic E-state index is -3.54. The van der Waals surface area contributed by atoms with Crippen LogP contribution in [-0.4, -0.2) is 38.8 Å². The van der Waals surface area contributed by atoms with Crippen molar-refractivity contribution in [3.05, 3.63) is 23.3 Å². The number of amides is 1. The van der Waals surface area contributed by atoms with Crippen LogP contribution >= 0.6 is 12.4 Å². The molecule has 0 radical (unpaired) electrons. The van der Waals surface area contributed by atoms with Crippen LogP contribution in [0.15, 0.2) is 17.0 Å². The fourth-order valence-electron chi connectivity index (χ4n) is 1.56. The first-order chi connectivity index (χ1) is 9.07. The topological polar surface area (TPSA) is 92.5 Å². The summed E-state index contributed by atoms with van der Waals surface area (Å²) in [7, 11) is -0.618. The summed E-state index contributed by atoms with van der Waals surface area (Å²) in [6.45, 7) is 5.18. The monoisotopic (exact) mass is 335 g/mol. The molecule has 0 fully saturated rings. The third kappa shape index (κ3) is 4.41. The molecular weight excluding hydrogens is 314 g/mol. The van der Waals surface area contributed by atoms with Gasteiger partial charge in [-0.2, -0.15) is 0 Å². The SMILES string of the molecule is Cc1cc(S(=O)(=O)N(C)C)cc(NC(=O)[C@H](C)N)c1C.Cl. The summed E-state index contributed by atoms with van der Waals surface area (Å²) in [5.41, 5.74) is 7.57. The first-order valence-corrected chi connectivity index (χ1v) is 7.61. The summed E-state index contributed by atoms with van der Waals surface area (Å²) in [6.07, 6.45) is 0. The molecule has 0 aliphatic carbocycles. The number of benzene rings is 1. The zero-order chi connectivity index (χ0) is 15.7. The highest BCUT2D eigenvalue weighted by molar-refractivity contribution is 7.89. The minimum Gasteiger partial charge on any atom is -0.324 e. The number of nitrogens with one attached hydrogen (secondary N) is 1. The van der Waals surface area contributed by atoms with Crippen molar-refractivity contribution in [1.29, 1.82) is 0 Å². The lowest BCUT2D eigenvalue weighted by atomic mass is 10.1. The molecule has 1 aromatic rings. The van der Waals surface area contributed by atoms with Crippen molar-refractivity contribution in [1.82, 2.24) is 4.31 Å². The highest BCUT2D eigenvalue weighted by Gasteiger charge is 2.20. The summed E-state index contributed by atoms with van der Waals surface area (Å²) >= 11 is 0. The minimum absolute atomic E-state index is 0. The number of rotatable bonds is 4. The fourth-order valence-corrected chi connectivity index (χ4v) is 2.58. The van der Waals surface area contributed by atoms with E-state index in [1.165, 1.54) is 20.2 Å². The maximum atomic E-state index is 12.2. The smallest absolute Gasteiger partial charge is 0.242 e. The van der Waals surface area contributed by atoms with Gasteiger partial charge in [-0.3, -0.25) is 4.79 Å². The second-order valence-electron chi connectivity index (χ2n) is 4.98. The number of nitrogens with two attached hydrogens (primary N) is 1. The molecule has 21 heavy (non-hydrogen) atoms. The van der Waals surface area contributed by atoms with Crippen molar-refractivity contribution >= 4 is 34.0 Å². The first-order valence-electron chi connectivity index (χ1n) is 6.17. The van der Waals surface area contributed by atoms with Gasteiger partial charge in [-0.15, -0.1) is 12.4 Å². The van der Waals surface area contributed by atoms with E-state index in [1.807, 2.05) is 6.92 Å². The zero-order valence-corrected chi connectivity index (χ0v) is 14.4. The van der Waals surface area contributed by atoms with Gasteiger partial charge >= 0.3 is 0 Å². The van der Waals surface area contributed by atoms with Gasteiger partial charge in [0.15, 0.2) is 0 Å². The van der Waals surface area contributed by atoms with Gasteiger partial charge in [-0.05, 0) is 44.0 Å². The Balaban J connectivity index is 0.00000400. The largest absolute Gasteiger partial charge is 0.324 e. The normalized spacial score (nSPS) is 12.7. The molecule has 120 valence electrons. The molecule has 1 amide bonds. The molecule has 0 saturated heterocycles. The molecule has 0 spiro atoms. The molecule has 0 bridgehead atoms. The second-order valence-corrected chi connectivity index (χ2v) is 7.13. The van der Waals surface area contributed by atoms with Crippen LogP contribution in [-0.2, 0) is 14.8 Å². The van der Waals surface area contributed by atoms with Gasteiger partial charge in [0, 0.05) is 19.8 Å². The van der Waals surface area contributed by atoms with Crippen molar-refractivity contribution < 1.29 is 13.2 Å². The summed E-state index contributed by atoms with van der Waals surface area (Å²) in [4.78, 5) is 11.8. The van der Waals surface area contributed by atoms with E-state index < -0.39 is 16.1 Å². The molecule has 0 aliphatic rings. The average Bonchev–Trinajstić information content (AvgIpc) is 2.33. The van der Waals surface area contributed by atoms with Crippen molar-refractivity contribution in [3.8, 4) is 0 Å². The van der Waals surface area contributed by atoms with Gasteiger partial charge in [0.25, 0.3) is 0 Å². The van der Waals surface area contributed by atoms with E-state index in [0.29, 0.717) is 5.69 Å². The van der Waals surface area contributed by atoms with Crippen LogP contribution < -0.4 is 11.1 Å². The van der Waals surface area contributed by atoms with E-state index in [0.717, 1.165) is 15.4 Å². The highest BCUT2D eigenvalue weighted by Crippen LogP contribution is 2.25. The van der Waals surface area contributed by atoms with Gasteiger partial charge in [-0.25, -0.2) is 12.7 Å². The Labute approximate surface area is 132 Å². The molecule has 8 heteroatoms. The van der Waals surface area contributed by atoms with E-state index in [4.69, 9.17) is 5.73 Å². The van der Waals surface area contributed by atoms with E-state index in [2.05, 4.69) is 5.32 Å². The van der Waals surface area contributed by atoms with Crippen molar-refractivity contribution in [2.45, 2.75) is 31.7 Å². The van der Waals surface area contributed by atoms with Crippen molar-refractivity contribution in [2.24, 2.45) is 5.73 Å². The molecule has 0 unspecified atom stereocenters. The number of halogens is 1. The van der Waals surface area contributed by atoms with Crippen LogP contribution in [0.5, 0.6) is 0 Å². The van der Waals surface area contributed by atoms with Gasteiger partial charge in [0.05, 0.1) is 10.9 Å². The Morgan fingerprint density at radius 1 is 1.29 bits per heavy atom. The zero-order valence-electron chi connectivity index (χ0n) is 12.8. The number of anilines is 1. The Morgan fingerprint density at radius 3 is 2.24 bits per heavy atom. The molecule has 0 heterocycles. The number of hydrogen-bond donors (Lipinski definition) is 2. The Hall–Kier alpha value is -1.15. The van der Waals surface area contributed by atoms with E-state index in [-0.39, 0.29) is 23.2 Å². The molecule has 1 rings (SSSR count). The third-order valence-corrected chi connectivity index (χ3v) is 4.88. The lowest BCUT2D eigenvalue weighted by molar-refractivity contribution is -0.117. The molecule has 1 atom stereocenters. The number of aryl methyl sites for hydroxylation is 1. The molecule has 3 N–H and O–H groups in total.